The molecule has 1 aromatic carbocycles. The van der Waals surface area contributed by atoms with Crippen LogP contribution < -0.4 is 5.73 Å². The minimum atomic E-state index is -1.32. The summed E-state index contributed by atoms with van der Waals surface area (Å²) in [4.78, 5) is 26.0. The number of esters is 1. The number of methoxy groups -OCH3 is 1. The Kier molecular flexibility index (Phi) is 3.36. The summed E-state index contributed by atoms with van der Waals surface area (Å²) in [5.74, 6) is -1.29. The lowest BCUT2D eigenvalue weighted by molar-refractivity contribution is -0.140. The highest BCUT2D eigenvalue weighted by molar-refractivity contribution is 6.31. The quantitative estimate of drug-likeness (QED) is 0.501. The van der Waals surface area contributed by atoms with E-state index >= 15 is 0 Å². The van der Waals surface area contributed by atoms with Crippen molar-refractivity contribution in [1.29, 1.82) is 0 Å². The normalized spacial score (nSPS) is 12.4. The zero-order chi connectivity index (χ0) is 13.3. The van der Waals surface area contributed by atoms with Gasteiger partial charge >= 0.3 is 5.97 Å². The SMILES string of the molecule is COC(=O)C(N)C(=O)c1cc2cc(Cl)ccc2[nH]1. The monoisotopic (exact) mass is 266 g/mol. The lowest BCUT2D eigenvalue weighted by Crippen LogP contribution is -2.39. The van der Waals surface area contributed by atoms with E-state index in [-0.39, 0.29) is 5.69 Å². The van der Waals surface area contributed by atoms with Gasteiger partial charge in [-0.2, -0.15) is 0 Å². The summed E-state index contributed by atoms with van der Waals surface area (Å²) in [5.41, 5.74) is 6.49. The first kappa shape index (κ1) is 12.6. The summed E-state index contributed by atoms with van der Waals surface area (Å²) in [6.45, 7) is 0. The third kappa shape index (κ3) is 2.23. The predicted octanol–water partition coefficient (Wildman–Crippen LogP) is 1.50. The summed E-state index contributed by atoms with van der Waals surface area (Å²) in [6.07, 6.45) is 0. The smallest absolute Gasteiger partial charge is 0.330 e. The standard InChI is InChI=1S/C12H11ClN2O3/c1-18-12(17)10(14)11(16)9-5-6-4-7(13)2-3-8(6)15-9/h2-5,10,15H,14H2,1H3. The van der Waals surface area contributed by atoms with Gasteiger partial charge in [-0.25, -0.2) is 4.79 Å². The Morgan fingerprint density at radius 1 is 1.39 bits per heavy atom. The number of rotatable bonds is 3. The summed E-state index contributed by atoms with van der Waals surface area (Å²) < 4.78 is 4.43. The molecule has 2 rings (SSSR count). The van der Waals surface area contributed by atoms with Crippen LogP contribution >= 0.6 is 11.6 Å². The number of nitrogens with one attached hydrogen (secondary N) is 1. The fourth-order valence-electron chi connectivity index (χ4n) is 1.64. The van der Waals surface area contributed by atoms with Crippen LogP contribution in [0.2, 0.25) is 5.02 Å². The maximum absolute atomic E-state index is 11.9. The van der Waals surface area contributed by atoms with E-state index in [1.807, 2.05) is 0 Å². The molecule has 0 aliphatic carbocycles. The molecule has 5 nitrogen and oxygen atoms in total. The number of aromatic amines is 1. The number of benzene rings is 1. The highest BCUT2D eigenvalue weighted by atomic mass is 35.5. The zero-order valence-corrected chi connectivity index (χ0v) is 10.3. The van der Waals surface area contributed by atoms with E-state index in [0.717, 1.165) is 10.9 Å². The molecule has 0 spiro atoms. The molecule has 0 aliphatic rings. The Hall–Kier alpha value is -1.85. The number of nitrogens with two attached hydrogens (primary N) is 1. The lowest BCUT2D eigenvalue weighted by Gasteiger charge is -2.05. The third-order valence-corrected chi connectivity index (χ3v) is 2.82. The van der Waals surface area contributed by atoms with Crippen LogP contribution in [0.5, 0.6) is 0 Å². The van der Waals surface area contributed by atoms with E-state index in [4.69, 9.17) is 17.3 Å². The number of fused-ring (bicyclic) bond motifs is 1. The second kappa shape index (κ2) is 4.80. The number of Topliss-reactive ketones (excluding diaryl/α,β-unsaturated/α-hetero) is 1. The molecule has 2 aromatic rings. The fraction of sp³-hybridized carbons (Fsp3) is 0.167. The number of hydrogen-bond acceptors (Lipinski definition) is 4. The van der Waals surface area contributed by atoms with Crippen molar-refractivity contribution in [2.45, 2.75) is 6.04 Å². The van der Waals surface area contributed by atoms with Crippen LogP contribution in [0.15, 0.2) is 24.3 Å². The molecule has 1 heterocycles. The number of hydrogen-bond donors (Lipinski definition) is 2. The molecule has 0 saturated carbocycles. The molecule has 1 unspecified atom stereocenters. The van der Waals surface area contributed by atoms with Crippen molar-refractivity contribution in [1.82, 2.24) is 4.98 Å². The largest absolute Gasteiger partial charge is 0.468 e. The van der Waals surface area contributed by atoms with Crippen LogP contribution in [0.1, 0.15) is 10.5 Å². The van der Waals surface area contributed by atoms with Gasteiger partial charge in [-0.3, -0.25) is 4.79 Å². The summed E-state index contributed by atoms with van der Waals surface area (Å²) in [7, 11) is 1.18. The van der Waals surface area contributed by atoms with Crippen molar-refractivity contribution >= 4 is 34.3 Å². The Morgan fingerprint density at radius 2 is 2.11 bits per heavy atom. The van der Waals surface area contributed by atoms with Crippen molar-refractivity contribution in [3.8, 4) is 0 Å². The maximum Gasteiger partial charge on any atom is 0.330 e. The Balaban J connectivity index is 2.36. The van der Waals surface area contributed by atoms with Crippen LogP contribution in [0.25, 0.3) is 10.9 Å². The second-order valence-corrected chi connectivity index (χ2v) is 4.22. The average Bonchev–Trinajstić information content (AvgIpc) is 2.78. The molecule has 3 N–H and O–H groups in total. The molecule has 0 radical (unpaired) electrons. The Bertz CT molecular complexity index is 621. The van der Waals surface area contributed by atoms with E-state index in [2.05, 4.69) is 9.72 Å². The third-order valence-electron chi connectivity index (χ3n) is 2.59. The van der Waals surface area contributed by atoms with Gasteiger partial charge in [0.15, 0.2) is 6.04 Å². The first-order valence-corrected chi connectivity index (χ1v) is 5.56. The summed E-state index contributed by atoms with van der Waals surface area (Å²) in [6, 6.07) is 5.45. The summed E-state index contributed by atoms with van der Waals surface area (Å²) >= 11 is 5.85. The van der Waals surface area contributed by atoms with Crippen LogP contribution in [0.3, 0.4) is 0 Å². The molecule has 1 atom stereocenters. The molecular formula is C12H11ClN2O3. The maximum atomic E-state index is 11.9. The second-order valence-electron chi connectivity index (χ2n) is 3.78. The molecule has 0 fully saturated rings. The van der Waals surface area contributed by atoms with Crippen molar-refractivity contribution in [3.05, 3.63) is 35.0 Å². The first-order valence-electron chi connectivity index (χ1n) is 5.19. The highest BCUT2D eigenvalue weighted by Gasteiger charge is 2.25. The first-order chi connectivity index (χ1) is 8.52. The molecule has 6 heteroatoms. The number of carbonyl (C=O) groups excluding carboxylic acids is 2. The highest BCUT2D eigenvalue weighted by Crippen LogP contribution is 2.20. The molecular weight excluding hydrogens is 256 g/mol. The van der Waals surface area contributed by atoms with E-state index in [1.54, 1.807) is 24.3 Å². The molecule has 1 aromatic heterocycles. The molecule has 0 aliphatic heterocycles. The zero-order valence-electron chi connectivity index (χ0n) is 9.57. The fourth-order valence-corrected chi connectivity index (χ4v) is 1.82. The molecule has 0 saturated heterocycles. The Labute approximate surface area is 108 Å². The van der Waals surface area contributed by atoms with E-state index < -0.39 is 17.8 Å². The van der Waals surface area contributed by atoms with Gasteiger partial charge in [0.2, 0.25) is 5.78 Å². The number of ketones is 1. The number of carbonyl (C=O) groups is 2. The van der Waals surface area contributed by atoms with Crippen LogP contribution in [0, 0.1) is 0 Å². The average molecular weight is 267 g/mol. The van der Waals surface area contributed by atoms with Gasteiger partial charge in [-0.1, -0.05) is 11.6 Å². The number of H-pyrrole nitrogens is 1. The van der Waals surface area contributed by atoms with Crippen molar-refractivity contribution in [3.63, 3.8) is 0 Å². The molecule has 0 bridgehead atoms. The van der Waals surface area contributed by atoms with E-state index in [1.165, 1.54) is 7.11 Å². The van der Waals surface area contributed by atoms with Gasteiger partial charge in [0.25, 0.3) is 0 Å². The molecule has 18 heavy (non-hydrogen) atoms. The Morgan fingerprint density at radius 3 is 2.78 bits per heavy atom. The van der Waals surface area contributed by atoms with E-state index in [0.29, 0.717) is 5.02 Å². The van der Waals surface area contributed by atoms with Crippen molar-refractivity contribution < 1.29 is 14.3 Å². The number of halogens is 1. The lowest BCUT2D eigenvalue weighted by atomic mass is 10.1. The van der Waals surface area contributed by atoms with Crippen LogP contribution in [-0.2, 0) is 9.53 Å². The van der Waals surface area contributed by atoms with Gasteiger partial charge < -0.3 is 15.5 Å². The minimum Gasteiger partial charge on any atom is -0.468 e. The minimum absolute atomic E-state index is 0.255. The topological polar surface area (TPSA) is 85.2 Å². The summed E-state index contributed by atoms with van der Waals surface area (Å²) in [5, 5.41) is 1.35. The number of aromatic nitrogens is 1. The van der Waals surface area contributed by atoms with Crippen molar-refractivity contribution in [2.24, 2.45) is 5.73 Å². The molecule has 0 amide bonds. The van der Waals surface area contributed by atoms with Crippen LogP contribution in [-0.4, -0.2) is 29.9 Å². The van der Waals surface area contributed by atoms with Crippen LogP contribution in [0.4, 0.5) is 0 Å². The van der Waals surface area contributed by atoms with E-state index in [9.17, 15) is 9.59 Å². The van der Waals surface area contributed by atoms with Gasteiger partial charge in [0.1, 0.15) is 0 Å². The van der Waals surface area contributed by atoms with Gasteiger partial charge in [0, 0.05) is 15.9 Å². The predicted molar refractivity (Wildman–Crippen MR) is 67.6 cm³/mol. The molecule has 94 valence electrons. The van der Waals surface area contributed by atoms with Gasteiger partial charge in [-0.05, 0) is 24.3 Å². The van der Waals surface area contributed by atoms with Crippen molar-refractivity contribution in [2.75, 3.05) is 7.11 Å². The van der Waals surface area contributed by atoms with Gasteiger partial charge in [-0.15, -0.1) is 0 Å². The number of ether oxygens (including phenoxy) is 1. The van der Waals surface area contributed by atoms with Gasteiger partial charge in [0.05, 0.1) is 12.8 Å².